The molecule has 50 heavy (non-hydrogen) atoms. The Morgan fingerprint density at radius 2 is 1.44 bits per heavy atom. The first-order valence-electron chi connectivity index (χ1n) is 19.4. The highest BCUT2D eigenvalue weighted by Gasteiger charge is 2.53. The first kappa shape index (κ1) is 41.0. The third kappa shape index (κ3) is 8.39. The minimum Gasteiger partial charge on any atom is -0.458 e. The van der Waals surface area contributed by atoms with Crippen LogP contribution in [0, 0.1) is 52.3 Å². The van der Waals surface area contributed by atoms with Crippen molar-refractivity contribution in [1.29, 1.82) is 0 Å². The number of carbonyl (C=O) groups is 3. The minimum atomic E-state index is -0.776. The molecule has 0 aromatic carbocycles. The molecule has 4 aliphatic rings. The summed E-state index contributed by atoms with van der Waals surface area (Å²) < 4.78 is 39.2. The second-order valence-electron chi connectivity index (χ2n) is 18.1. The van der Waals surface area contributed by atoms with E-state index in [-0.39, 0.29) is 41.2 Å². The molecule has 0 N–H and O–H groups in total. The lowest BCUT2D eigenvalue weighted by Gasteiger charge is -2.49. The highest BCUT2D eigenvalue weighted by atomic mass is 16.7. The fraction of sp³-hybridized carbons (Fsp3) is 0.925. The van der Waals surface area contributed by atoms with Crippen molar-refractivity contribution in [3.8, 4) is 0 Å². The first-order chi connectivity index (χ1) is 23.1. The molecule has 4 saturated heterocycles. The van der Waals surface area contributed by atoms with Gasteiger partial charge in [0.15, 0.2) is 18.7 Å². The largest absolute Gasteiger partial charge is 0.458 e. The van der Waals surface area contributed by atoms with E-state index in [1.54, 1.807) is 7.05 Å². The van der Waals surface area contributed by atoms with Gasteiger partial charge in [-0.25, -0.2) is 4.79 Å². The molecule has 0 aromatic rings. The van der Waals surface area contributed by atoms with E-state index in [0.717, 1.165) is 6.42 Å². The van der Waals surface area contributed by atoms with E-state index >= 15 is 0 Å². The van der Waals surface area contributed by atoms with Gasteiger partial charge >= 0.3 is 12.1 Å². The summed E-state index contributed by atoms with van der Waals surface area (Å²) in [7, 11) is 1.65. The number of likely N-dealkylation sites (N-methyl/N-ethyl adjacent to an activating group) is 1. The molecule has 288 valence electrons. The van der Waals surface area contributed by atoms with Gasteiger partial charge in [0, 0.05) is 37.1 Å². The summed E-state index contributed by atoms with van der Waals surface area (Å²) in [5.74, 6) is -1.47. The molecular weight excluding hydrogens is 638 g/mol. The van der Waals surface area contributed by atoms with Gasteiger partial charge in [-0.3, -0.25) is 9.59 Å². The summed E-state index contributed by atoms with van der Waals surface area (Å²) in [5.41, 5.74) is -0.596. The van der Waals surface area contributed by atoms with Crippen molar-refractivity contribution in [2.24, 2.45) is 52.3 Å². The van der Waals surface area contributed by atoms with Crippen LogP contribution in [0.25, 0.3) is 0 Å². The standard InChI is InChI=1S/C40H69NO9/c1-16-29-34-31(41(15)38(44)49-34)24(6)32(42)21(3)18-40(13,14)35(50-37-23(5)20(2)17-22(4)45-37)25(7)33(26(8)36(43)47-29)48-30-19-39(11,12)27(9)28(10)46-30/h20-31,33-35,37H,16-19H2,1-15H3/t20-,21+,22+,23+,24+,25-,26+,27-,28-,29+,30?,31+,33-,34+,35+,37?/m0/s1. The first-order valence-corrected chi connectivity index (χ1v) is 19.4. The second-order valence-corrected chi connectivity index (χ2v) is 18.1. The van der Waals surface area contributed by atoms with Crippen LogP contribution in [0.2, 0.25) is 0 Å². The maximum atomic E-state index is 14.3. The molecule has 4 aliphatic heterocycles. The molecule has 0 bridgehead atoms. The quantitative estimate of drug-likeness (QED) is 0.266. The average Bonchev–Trinajstić information content (AvgIpc) is 3.32. The van der Waals surface area contributed by atoms with Crippen molar-refractivity contribution in [3.63, 3.8) is 0 Å². The molecule has 10 heteroatoms. The van der Waals surface area contributed by atoms with Gasteiger partial charge in [-0.1, -0.05) is 76.2 Å². The zero-order valence-electron chi connectivity index (χ0n) is 33.7. The summed E-state index contributed by atoms with van der Waals surface area (Å²) in [5, 5.41) is 0. The minimum absolute atomic E-state index is 0.0351. The van der Waals surface area contributed by atoms with Crippen LogP contribution in [0.1, 0.15) is 123 Å². The van der Waals surface area contributed by atoms with Crippen molar-refractivity contribution >= 4 is 17.8 Å². The number of rotatable bonds is 5. The van der Waals surface area contributed by atoms with Crippen LogP contribution < -0.4 is 0 Å². The monoisotopic (exact) mass is 707 g/mol. The maximum absolute atomic E-state index is 14.3. The lowest BCUT2D eigenvalue weighted by atomic mass is 9.69. The van der Waals surface area contributed by atoms with Crippen molar-refractivity contribution < 1.29 is 42.8 Å². The molecule has 0 spiro atoms. The van der Waals surface area contributed by atoms with Crippen molar-refractivity contribution in [1.82, 2.24) is 4.90 Å². The Morgan fingerprint density at radius 1 is 0.800 bits per heavy atom. The number of ketones is 1. The molecule has 4 heterocycles. The van der Waals surface area contributed by atoms with Gasteiger partial charge in [0.05, 0.1) is 36.4 Å². The smallest absolute Gasteiger partial charge is 0.410 e. The molecule has 0 aliphatic carbocycles. The van der Waals surface area contributed by atoms with E-state index in [4.69, 9.17) is 28.4 Å². The molecule has 4 fully saturated rings. The number of fused-ring (bicyclic) bond motifs is 1. The van der Waals surface area contributed by atoms with Gasteiger partial charge in [0.2, 0.25) is 0 Å². The lowest BCUT2D eigenvalue weighted by Crippen LogP contribution is -2.54. The van der Waals surface area contributed by atoms with Crippen LogP contribution in [0.3, 0.4) is 0 Å². The Bertz CT molecular complexity index is 1210. The second kappa shape index (κ2) is 15.7. The normalized spacial score (nSPS) is 46.1. The van der Waals surface area contributed by atoms with Gasteiger partial charge in [0.25, 0.3) is 0 Å². The number of cyclic esters (lactones) is 1. The number of ether oxygens (including phenoxy) is 6. The predicted molar refractivity (Wildman–Crippen MR) is 191 cm³/mol. The summed E-state index contributed by atoms with van der Waals surface area (Å²) in [6.07, 6.45) is -1.57. The molecular formula is C40H69NO9. The Morgan fingerprint density at radius 3 is 2.04 bits per heavy atom. The van der Waals surface area contributed by atoms with E-state index < -0.39 is 72.4 Å². The average molecular weight is 708 g/mol. The van der Waals surface area contributed by atoms with Crippen LogP contribution in [-0.2, 0) is 38.0 Å². The van der Waals surface area contributed by atoms with Crippen LogP contribution in [-0.4, -0.2) is 85.0 Å². The van der Waals surface area contributed by atoms with E-state index in [0.29, 0.717) is 31.1 Å². The third-order valence-corrected chi connectivity index (χ3v) is 13.2. The van der Waals surface area contributed by atoms with Crippen LogP contribution >= 0.6 is 0 Å². The van der Waals surface area contributed by atoms with Crippen LogP contribution in [0.4, 0.5) is 4.79 Å². The molecule has 1 amide bonds. The van der Waals surface area contributed by atoms with Crippen molar-refractivity contribution in [3.05, 3.63) is 0 Å². The fourth-order valence-electron chi connectivity index (χ4n) is 9.44. The molecule has 0 radical (unpaired) electrons. The molecule has 0 saturated carbocycles. The Balaban J connectivity index is 1.81. The molecule has 2 unspecified atom stereocenters. The number of hydrogen-bond acceptors (Lipinski definition) is 9. The SMILES string of the molecule is CC[C@H]1OC(=O)[C@H](C)[C@@H](OC2CC(C)(C)[C@@H](C)[C@H](C)O2)[C@H](C)[C@@H](OC2O[C@H](C)C[C@H](C)[C@H]2C)C(C)(C)C[C@@H](C)C(=O)[C@H](C)[C@@H]2[C@@H]1OC(=O)N2C. The van der Waals surface area contributed by atoms with Crippen LogP contribution in [0.5, 0.6) is 0 Å². The summed E-state index contributed by atoms with van der Waals surface area (Å²) in [6.45, 7) is 29.2. The number of carbonyl (C=O) groups excluding carboxylic acids is 3. The number of nitrogens with zero attached hydrogens (tertiary/aromatic N) is 1. The molecule has 4 rings (SSSR count). The van der Waals surface area contributed by atoms with Crippen LogP contribution in [0.15, 0.2) is 0 Å². The lowest BCUT2D eigenvalue weighted by molar-refractivity contribution is -0.293. The van der Waals surface area contributed by atoms with Gasteiger partial charge in [0.1, 0.15) is 11.9 Å². The Hall–Kier alpha value is -1.75. The molecule has 16 atom stereocenters. The van der Waals surface area contributed by atoms with Gasteiger partial charge in [-0.15, -0.1) is 0 Å². The number of Topliss-reactive ketones (excluding diaryl/α,β-unsaturated/α-hetero) is 1. The molecule has 10 nitrogen and oxygen atoms in total. The zero-order valence-corrected chi connectivity index (χ0v) is 33.7. The predicted octanol–water partition coefficient (Wildman–Crippen LogP) is 7.65. The topological polar surface area (TPSA) is 110 Å². The van der Waals surface area contributed by atoms with E-state index in [1.807, 2.05) is 27.7 Å². The number of hydrogen-bond donors (Lipinski definition) is 0. The van der Waals surface area contributed by atoms with Gasteiger partial charge in [-0.2, -0.15) is 0 Å². The van der Waals surface area contributed by atoms with Gasteiger partial charge < -0.3 is 33.3 Å². The van der Waals surface area contributed by atoms with E-state index in [9.17, 15) is 14.4 Å². The summed E-state index contributed by atoms with van der Waals surface area (Å²) in [4.78, 5) is 43.0. The maximum Gasteiger partial charge on any atom is 0.410 e. The highest BCUT2D eigenvalue weighted by Crippen LogP contribution is 2.46. The van der Waals surface area contributed by atoms with Gasteiger partial charge in [-0.05, 0) is 62.7 Å². The zero-order chi connectivity index (χ0) is 37.6. The third-order valence-electron chi connectivity index (χ3n) is 13.2. The Labute approximate surface area is 302 Å². The Kier molecular flexibility index (Phi) is 12.9. The van der Waals surface area contributed by atoms with E-state index in [2.05, 4.69) is 69.2 Å². The van der Waals surface area contributed by atoms with Crippen molar-refractivity contribution in [2.75, 3.05) is 7.05 Å². The summed E-state index contributed by atoms with van der Waals surface area (Å²) >= 11 is 0. The van der Waals surface area contributed by atoms with Crippen molar-refractivity contribution in [2.45, 2.75) is 178 Å². The number of amides is 1. The fourth-order valence-corrected chi connectivity index (χ4v) is 9.44. The number of esters is 1. The highest BCUT2D eigenvalue weighted by molar-refractivity contribution is 5.85. The summed E-state index contributed by atoms with van der Waals surface area (Å²) in [6, 6.07) is -0.574. The van der Waals surface area contributed by atoms with E-state index in [1.165, 1.54) is 4.90 Å². The molecule has 0 aromatic heterocycles.